The van der Waals surface area contributed by atoms with Gasteiger partial charge in [-0.1, -0.05) is 26.0 Å². The van der Waals surface area contributed by atoms with E-state index in [-0.39, 0.29) is 16.9 Å². The third-order valence-corrected chi connectivity index (χ3v) is 6.34. The summed E-state index contributed by atoms with van der Waals surface area (Å²) in [5.41, 5.74) is 2.41. The Bertz CT molecular complexity index is 1230. The van der Waals surface area contributed by atoms with E-state index in [9.17, 15) is 19.7 Å². The number of ketones is 1. The lowest BCUT2D eigenvalue weighted by atomic mass is 9.68. The normalized spacial score (nSPS) is 19.6. The number of hydrogen-bond donors (Lipinski definition) is 2. The fourth-order valence-electron chi connectivity index (χ4n) is 4.52. The summed E-state index contributed by atoms with van der Waals surface area (Å²) in [5.74, 6) is -0.849. The number of Topliss-reactive ketones (excluding diaryl/α,β-unsaturated/α-hetero) is 1. The first-order valence-electron chi connectivity index (χ1n) is 10.5. The fourth-order valence-corrected chi connectivity index (χ4v) is 4.76. The maximum atomic E-state index is 13.4. The number of nitrogens with zero attached hydrogens (tertiary/aromatic N) is 2. The Hall–Kier alpha value is -3.33. The van der Waals surface area contributed by atoms with E-state index < -0.39 is 16.7 Å². The molecule has 0 spiro atoms. The first kappa shape index (κ1) is 22.8. The van der Waals surface area contributed by atoms with Gasteiger partial charge in [0.15, 0.2) is 5.78 Å². The molecule has 9 heteroatoms. The van der Waals surface area contributed by atoms with Crippen LogP contribution in [0.15, 0.2) is 69.6 Å². The summed E-state index contributed by atoms with van der Waals surface area (Å²) in [6.45, 7) is 5.84. The zero-order valence-electron chi connectivity index (χ0n) is 18.4. The molecule has 1 aliphatic heterocycles. The fraction of sp³-hybridized carbons (Fsp3) is 0.292. The number of allylic oxidation sites excluding steroid dienone is 3. The Balaban J connectivity index is 1.83. The van der Waals surface area contributed by atoms with Crippen molar-refractivity contribution in [1.29, 1.82) is 0 Å². The minimum atomic E-state index is -0.722. The largest absolute Gasteiger partial charge is 0.362 e. The smallest absolute Gasteiger partial charge is 0.269 e. The first-order chi connectivity index (χ1) is 15.6. The lowest BCUT2D eigenvalue weighted by molar-refractivity contribution is -0.384. The summed E-state index contributed by atoms with van der Waals surface area (Å²) >= 11 is 3.32. The molecule has 2 N–H and O–H groups in total. The van der Waals surface area contributed by atoms with Crippen LogP contribution in [-0.2, 0) is 9.59 Å². The standard InChI is InChI=1S/C24H23BrN4O4/c1-13-20(23(31)28-19-8-7-15(25)12-26-19)21(14-5-4-6-16(9-14)29(32)33)22-17(27-13)10-24(2,3)11-18(22)30/h4-9,12,21,27H,10-11H2,1-3H3,(H,26,28,31). The molecule has 1 atom stereocenters. The molecule has 1 aromatic carbocycles. The van der Waals surface area contributed by atoms with Crippen LogP contribution < -0.4 is 10.6 Å². The van der Waals surface area contributed by atoms with E-state index in [2.05, 4.69) is 31.5 Å². The monoisotopic (exact) mass is 510 g/mol. The number of non-ortho nitro benzene ring substituents is 1. The van der Waals surface area contributed by atoms with Gasteiger partial charge < -0.3 is 10.6 Å². The minimum Gasteiger partial charge on any atom is -0.362 e. The highest BCUT2D eigenvalue weighted by Gasteiger charge is 2.43. The van der Waals surface area contributed by atoms with Gasteiger partial charge in [0.25, 0.3) is 11.6 Å². The zero-order valence-corrected chi connectivity index (χ0v) is 20.0. The molecule has 0 bridgehead atoms. The van der Waals surface area contributed by atoms with E-state index in [1.54, 1.807) is 37.4 Å². The quantitative estimate of drug-likeness (QED) is 0.442. The van der Waals surface area contributed by atoms with E-state index in [1.165, 1.54) is 12.1 Å². The molecule has 1 aromatic heterocycles. The van der Waals surface area contributed by atoms with Gasteiger partial charge in [-0.05, 0) is 52.4 Å². The van der Waals surface area contributed by atoms with Gasteiger partial charge in [-0.15, -0.1) is 0 Å². The van der Waals surface area contributed by atoms with Crippen molar-refractivity contribution >= 4 is 39.1 Å². The van der Waals surface area contributed by atoms with Gasteiger partial charge in [-0.2, -0.15) is 0 Å². The van der Waals surface area contributed by atoms with Crippen molar-refractivity contribution in [2.24, 2.45) is 5.41 Å². The number of carbonyl (C=O) groups is 2. The first-order valence-corrected chi connectivity index (χ1v) is 11.3. The van der Waals surface area contributed by atoms with Crippen LogP contribution in [0, 0.1) is 15.5 Å². The van der Waals surface area contributed by atoms with Gasteiger partial charge in [-0.25, -0.2) is 4.98 Å². The number of halogens is 1. The number of benzene rings is 1. The molecule has 2 aliphatic rings. The number of carbonyl (C=O) groups excluding carboxylic acids is 2. The number of pyridine rings is 1. The molecular formula is C24H23BrN4O4. The second-order valence-electron chi connectivity index (χ2n) is 9.10. The van der Waals surface area contributed by atoms with Gasteiger partial charge in [0.05, 0.1) is 4.92 Å². The van der Waals surface area contributed by atoms with Crippen molar-refractivity contribution < 1.29 is 14.5 Å². The summed E-state index contributed by atoms with van der Waals surface area (Å²) in [6, 6.07) is 9.55. The van der Waals surface area contributed by atoms with Crippen LogP contribution in [0.2, 0.25) is 0 Å². The zero-order chi connectivity index (χ0) is 23.9. The molecule has 2 heterocycles. The molecule has 0 saturated heterocycles. The predicted molar refractivity (Wildman–Crippen MR) is 127 cm³/mol. The summed E-state index contributed by atoms with van der Waals surface area (Å²) in [7, 11) is 0. The van der Waals surface area contributed by atoms with Crippen molar-refractivity contribution in [1.82, 2.24) is 10.3 Å². The van der Waals surface area contributed by atoms with E-state index >= 15 is 0 Å². The van der Waals surface area contributed by atoms with Crippen molar-refractivity contribution in [3.63, 3.8) is 0 Å². The third kappa shape index (κ3) is 4.59. The molecule has 1 aliphatic carbocycles. The molecular weight excluding hydrogens is 488 g/mol. The van der Waals surface area contributed by atoms with Gasteiger partial charge in [0.2, 0.25) is 0 Å². The van der Waals surface area contributed by atoms with Crippen LogP contribution in [0.3, 0.4) is 0 Å². The average molecular weight is 511 g/mol. The van der Waals surface area contributed by atoms with Gasteiger partial charge in [0.1, 0.15) is 5.82 Å². The summed E-state index contributed by atoms with van der Waals surface area (Å²) in [5, 5.41) is 17.5. The Kier molecular flexibility index (Phi) is 5.92. The lowest BCUT2D eigenvalue weighted by Gasteiger charge is -2.39. The second-order valence-corrected chi connectivity index (χ2v) is 10.0. The maximum absolute atomic E-state index is 13.4. The van der Waals surface area contributed by atoms with Crippen LogP contribution in [0.25, 0.3) is 0 Å². The Morgan fingerprint density at radius 1 is 1.27 bits per heavy atom. The number of hydrogen-bond acceptors (Lipinski definition) is 6. The highest BCUT2D eigenvalue weighted by Crippen LogP contribution is 2.47. The van der Waals surface area contributed by atoms with Crippen molar-refractivity contribution in [2.45, 2.75) is 39.5 Å². The number of amides is 1. The highest BCUT2D eigenvalue weighted by molar-refractivity contribution is 9.10. The topological polar surface area (TPSA) is 114 Å². The number of nitrogens with one attached hydrogen (secondary N) is 2. The molecule has 1 amide bonds. The molecule has 0 fully saturated rings. The van der Waals surface area contributed by atoms with Crippen LogP contribution in [0.1, 0.15) is 45.1 Å². The predicted octanol–water partition coefficient (Wildman–Crippen LogP) is 5.00. The van der Waals surface area contributed by atoms with Crippen LogP contribution in [0.4, 0.5) is 11.5 Å². The average Bonchev–Trinajstić information content (AvgIpc) is 2.73. The van der Waals surface area contributed by atoms with Crippen molar-refractivity contribution in [3.05, 3.63) is 85.3 Å². The van der Waals surface area contributed by atoms with Gasteiger partial charge >= 0.3 is 0 Å². The van der Waals surface area contributed by atoms with E-state index in [0.717, 1.165) is 10.2 Å². The van der Waals surface area contributed by atoms with Gasteiger partial charge in [0, 0.05) is 57.7 Å². The Morgan fingerprint density at radius 3 is 2.70 bits per heavy atom. The number of dihydropyridines is 1. The molecule has 4 rings (SSSR count). The highest BCUT2D eigenvalue weighted by atomic mass is 79.9. The van der Waals surface area contributed by atoms with Crippen molar-refractivity contribution in [2.75, 3.05) is 5.32 Å². The third-order valence-electron chi connectivity index (χ3n) is 5.87. The number of rotatable bonds is 4. The van der Waals surface area contributed by atoms with Crippen LogP contribution in [-0.4, -0.2) is 21.6 Å². The minimum absolute atomic E-state index is 0.0650. The maximum Gasteiger partial charge on any atom is 0.269 e. The molecule has 8 nitrogen and oxygen atoms in total. The number of aromatic nitrogens is 1. The Morgan fingerprint density at radius 2 is 2.03 bits per heavy atom. The van der Waals surface area contributed by atoms with Crippen LogP contribution >= 0.6 is 15.9 Å². The lowest BCUT2D eigenvalue weighted by Crippen LogP contribution is -2.39. The number of anilines is 1. The summed E-state index contributed by atoms with van der Waals surface area (Å²) < 4.78 is 0.773. The SMILES string of the molecule is CC1=C(C(=O)Nc2ccc(Br)cn2)C(c2cccc([N+](=O)[O-])c2)C2=C(CC(C)(C)CC2=O)N1. The Labute approximate surface area is 199 Å². The number of nitro groups is 1. The molecule has 0 radical (unpaired) electrons. The number of nitro benzene ring substituents is 1. The molecule has 33 heavy (non-hydrogen) atoms. The molecule has 2 aromatic rings. The second kappa shape index (κ2) is 8.55. The summed E-state index contributed by atoms with van der Waals surface area (Å²) in [4.78, 5) is 41.9. The molecule has 170 valence electrons. The van der Waals surface area contributed by atoms with Gasteiger partial charge in [-0.3, -0.25) is 19.7 Å². The van der Waals surface area contributed by atoms with E-state index in [4.69, 9.17) is 0 Å². The molecule has 0 saturated carbocycles. The van der Waals surface area contributed by atoms with E-state index in [0.29, 0.717) is 41.1 Å². The summed E-state index contributed by atoms with van der Waals surface area (Å²) in [6.07, 6.45) is 2.54. The molecule has 1 unspecified atom stereocenters. The van der Waals surface area contributed by atoms with Crippen LogP contribution in [0.5, 0.6) is 0 Å². The van der Waals surface area contributed by atoms with Crippen molar-refractivity contribution in [3.8, 4) is 0 Å². The van der Waals surface area contributed by atoms with E-state index in [1.807, 2.05) is 13.8 Å².